The molecule has 0 aliphatic carbocycles. The lowest BCUT2D eigenvalue weighted by molar-refractivity contribution is 0.413. The summed E-state index contributed by atoms with van der Waals surface area (Å²) in [7, 11) is 1.68. The zero-order valence-corrected chi connectivity index (χ0v) is 8.43. The molecule has 70 valence electrons. The first-order chi connectivity index (χ1) is 6.31. The van der Waals surface area contributed by atoms with Crippen molar-refractivity contribution in [3.05, 3.63) is 23.8 Å². The minimum Gasteiger partial charge on any atom is -0.497 e. The van der Waals surface area contributed by atoms with Gasteiger partial charge in [0.2, 0.25) is 0 Å². The third kappa shape index (κ3) is 1.67. The maximum absolute atomic E-state index is 6.00. The van der Waals surface area contributed by atoms with Gasteiger partial charge in [0.1, 0.15) is 5.75 Å². The second kappa shape index (κ2) is 3.60. The highest BCUT2D eigenvalue weighted by atomic mass is 32.2. The van der Waals surface area contributed by atoms with Crippen LogP contribution < -0.4 is 10.5 Å². The molecule has 1 atom stereocenters. The molecule has 0 spiro atoms. The molecule has 0 saturated carbocycles. The van der Waals surface area contributed by atoms with Crippen LogP contribution >= 0.6 is 11.8 Å². The van der Waals surface area contributed by atoms with Gasteiger partial charge in [0.05, 0.1) is 7.11 Å². The Morgan fingerprint density at radius 2 is 2.38 bits per heavy atom. The van der Waals surface area contributed by atoms with Crippen LogP contribution in [-0.4, -0.2) is 12.9 Å². The van der Waals surface area contributed by atoms with Crippen molar-refractivity contribution in [2.75, 3.05) is 12.9 Å². The van der Waals surface area contributed by atoms with Crippen molar-refractivity contribution in [2.45, 2.75) is 17.4 Å². The van der Waals surface area contributed by atoms with Gasteiger partial charge in [-0.3, -0.25) is 0 Å². The zero-order valence-electron chi connectivity index (χ0n) is 7.62. The maximum atomic E-state index is 6.00. The van der Waals surface area contributed by atoms with Crippen LogP contribution in [0.4, 0.5) is 0 Å². The predicted octanol–water partition coefficient (Wildman–Crippen LogP) is 2.19. The number of nitrogens with two attached hydrogens (primary N) is 1. The lowest BCUT2D eigenvalue weighted by Crippen LogP contribution is -2.15. The molecule has 1 aromatic rings. The van der Waals surface area contributed by atoms with E-state index in [0.29, 0.717) is 0 Å². The number of hydrogen-bond donors (Lipinski definition) is 1. The van der Waals surface area contributed by atoms with Crippen molar-refractivity contribution >= 4 is 11.8 Å². The van der Waals surface area contributed by atoms with Crippen LogP contribution in [0.3, 0.4) is 0 Å². The van der Waals surface area contributed by atoms with Gasteiger partial charge in [-0.1, -0.05) is 0 Å². The quantitative estimate of drug-likeness (QED) is 0.746. The molecule has 13 heavy (non-hydrogen) atoms. The van der Waals surface area contributed by atoms with Crippen LogP contribution in [0, 0.1) is 0 Å². The first-order valence-corrected chi connectivity index (χ1v) is 5.36. The second-order valence-corrected chi connectivity index (χ2v) is 4.28. The van der Waals surface area contributed by atoms with Gasteiger partial charge in [-0.05, 0) is 35.9 Å². The minimum atomic E-state index is 0.186. The van der Waals surface area contributed by atoms with Crippen molar-refractivity contribution in [2.24, 2.45) is 5.73 Å². The summed E-state index contributed by atoms with van der Waals surface area (Å²) in [5.41, 5.74) is 7.23. The topological polar surface area (TPSA) is 35.2 Å². The summed E-state index contributed by atoms with van der Waals surface area (Å²) in [6.45, 7) is 0. The standard InChI is InChI=1S/C10H13NOS/c1-12-7-2-3-10-8(6-7)9(11)4-5-13-10/h2-3,6,9H,4-5,11H2,1H3. The fourth-order valence-corrected chi connectivity index (χ4v) is 2.66. The van der Waals surface area contributed by atoms with E-state index in [2.05, 4.69) is 6.07 Å². The first-order valence-electron chi connectivity index (χ1n) is 4.37. The largest absolute Gasteiger partial charge is 0.497 e. The summed E-state index contributed by atoms with van der Waals surface area (Å²) in [5, 5.41) is 0. The second-order valence-electron chi connectivity index (χ2n) is 3.15. The number of ether oxygens (including phenoxy) is 1. The van der Waals surface area contributed by atoms with Gasteiger partial charge in [-0.2, -0.15) is 0 Å². The summed E-state index contributed by atoms with van der Waals surface area (Å²) in [5.74, 6) is 2.03. The molecule has 0 saturated heterocycles. The molecule has 2 nitrogen and oxygen atoms in total. The monoisotopic (exact) mass is 195 g/mol. The average molecular weight is 195 g/mol. The molecule has 0 fully saturated rings. The number of methoxy groups -OCH3 is 1. The fourth-order valence-electron chi connectivity index (χ4n) is 1.53. The van der Waals surface area contributed by atoms with Gasteiger partial charge >= 0.3 is 0 Å². The van der Waals surface area contributed by atoms with E-state index in [0.717, 1.165) is 17.9 Å². The molecule has 0 radical (unpaired) electrons. The third-order valence-corrected chi connectivity index (χ3v) is 3.43. The molecule has 1 aliphatic rings. The van der Waals surface area contributed by atoms with Crippen LogP contribution in [0.15, 0.2) is 23.1 Å². The Balaban J connectivity index is 2.41. The summed E-state index contributed by atoms with van der Waals surface area (Å²) < 4.78 is 5.16. The van der Waals surface area contributed by atoms with Crippen LogP contribution in [0.5, 0.6) is 5.75 Å². The van der Waals surface area contributed by atoms with E-state index in [4.69, 9.17) is 10.5 Å². The molecule has 1 aromatic carbocycles. The third-order valence-electron chi connectivity index (χ3n) is 2.30. The molecular weight excluding hydrogens is 182 g/mol. The predicted molar refractivity (Wildman–Crippen MR) is 55.3 cm³/mol. The summed E-state index contributed by atoms with van der Waals surface area (Å²) in [6, 6.07) is 6.32. The fraction of sp³-hybridized carbons (Fsp3) is 0.400. The Kier molecular flexibility index (Phi) is 2.47. The van der Waals surface area contributed by atoms with E-state index in [1.54, 1.807) is 7.11 Å². The molecule has 0 aromatic heterocycles. The summed E-state index contributed by atoms with van der Waals surface area (Å²) >= 11 is 1.88. The van der Waals surface area contributed by atoms with Gasteiger partial charge in [-0.25, -0.2) is 0 Å². The Morgan fingerprint density at radius 3 is 3.15 bits per heavy atom. The average Bonchev–Trinajstić information content (AvgIpc) is 2.18. The van der Waals surface area contributed by atoms with Crippen molar-refractivity contribution < 1.29 is 4.74 Å². The van der Waals surface area contributed by atoms with Gasteiger partial charge in [-0.15, -0.1) is 11.8 Å². The Labute approximate surface area is 82.5 Å². The highest BCUT2D eigenvalue weighted by molar-refractivity contribution is 7.99. The van der Waals surface area contributed by atoms with Gasteiger partial charge in [0.15, 0.2) is 0 Å². The van der Waals surface area contributed by atoms with E-state index in [9.17, 15) is 0 Å². The normalized spacial score (nSPS) is 20.9. The van der Waals surface area contributed by atoms with Crippen molar-refractivity contribution in [1.29, 1.82) is 0 Å². The minimum absolute atomic E-state index is 0.186. The van der Waals surface area contributed by atoms with Crippen molar-refractivity contribution in [3.63, 3.8) is 0 Å². The van der Waals surface area contributed by atoms with Crippen LogP contribution in [0.2, 0.25) is 0 Å². The van der Waals surface area contributed by atoms with E-state index in [1.807, 2.05) is 23.9 Å². The van der Waals surface area contributed by atoms with Crippen LogP contribution in [0.25, 0.3) is 0 Å². The molecule has 0 bridgehead atoms. The Hall–Kier alpha value is -0.670. The smallest absolute Gasteiger partial charge is 0.119 e. The van der Waals surface area contributed by atoms with E-state index in [-0.39, 0.29) is 6.04 Å². The highest BCUT2D eigenvalue weighted by Crippen LogP contribution is 2.36. The first kappa shape index (κ1) is 8.91. The Bertz CT molecular complexity index is 314. The molecule has 1 heterocycles. The summed E-state index contributed by atoms with van der Waals surface area (Å²) in [6.07, 6.45) is 1.06. The SMILES string of the molecule is COc1ccc2c(c1)C(N)CCS2. The van der Waals surface area contributed by atoms with Crippen molar-refractivity contribution in [1.82, 2.24) is 0 Å². The zero-order chi connectivity index (χ0) is 9.26. The number of rotatable bonds is 1. The van der Waals surface area contributed by atoms with Crippen LogP contribution in [0.1, 0.15) is 18.0 Å². The number of benzene rings is 1. The van der Waals surface area contributed by atoms with Crippen molar-refractivity contribution in [3.8, 4) is 5.75 Å². The number of fused-ring (bicyclic) bond motifs is 1. The van der Waals surface area contributed by atoms with Gasteiger partial charge < -0.3 is 10.5 Å². The molecule has 1 aliphatic heterocycles. The highest BCUT2D eigenvalue weighted by Gasteiger charge is 2.17. The molecule has 2 N–H and O–H groups in total. The van der Waals surface area contributed by atoms with E-state index < -0.39 is 0 Å². The molecule has 0 amide bonds. The van der Waals surface area contributed by atoms with E-state index in [1.165, 1.54) is 10.5 Å². The summed E-state index contributed by atoms with van der Waals surface area (Å²) in [4.78, 5) is 1.31. The van der Waals surface area contributed by atoms with Crippen LogP contribution in [-0.2, 0) is 0 Å². The molecule has 2 rings (SSSR count). The molecule has 1 unspecified atom stereocenters. The Morgan fingerprint density at radius 1 is 1.54 bits per heavy atom. The number of hydrogen-bond acceptors (Lipinski definition) is 3. The maximum Gasteiger partial charge on any atom is 0.119 e. The lowest BCUT2D eigenvalue weighted by atomic mass is 10.0. The molecular formula is C10H13NOS. The van der Waals surface area contributed by atoms with Gasteiger partial charge in [0.25, 0.3) is 0 Å². The molecule has 3 heteroatoms. The van der Waals surface area contributed by atoms with E-state index >= 15 is 0 Å². The van der Waals surface area contributed by atoms with Gasteiger partial charge in [0, 0.05) is 10.9 Å². The number of thioether (sulfide) groups is 1. The lowest BCUT2D eigenvalue weighted by Gasteiger charge is -2.21.